The third-order valence-electron chi connectivity index (χ3n) is 3.77. The van der Waals surface area contributed by atoms with E-state index in [-0.39, 0.29) is 18.8 Å². The number of aromatic hydroxyl groups is 1. The molecule has 6 heteroatoms. The Morgan fingerprint density at radius 3 is 2.64 bits per heavy atom. The van der Waals surface area contributed by atoms with Gasteiger partial charge in [-0.05, 0) is 33.3 Å². The Morgan fingerprint density at radius 2 is 2.00 bits per heavy atom. The first-order valence-electron chi connectivity index (χ1n) is 8.43. The second kappa shape index (κ2) is 7.70. The third kappa shape index (κ3) is 5.06. The first-order chi connectivity index (χ1) is 11.7. The summed E-state index contributed by atoms with van der Waals surface area (Å²) in [7, 11) is 0. The number of hydrogen-bond acceptors (Lipinski definition) is 5. The van der Waals surface area contributed by atoms with E-state index in [1.807, 2.05) is 31.2 Å². The first-order valence-corrected chi connectivity index (χ1v) is 8.43. The first kappa shape index (κ1) is 19.0. The molecule has 0 aliphatic carbocycles. The molecule has 0 aliphatic heterocycles. The number of ether oxygens (including phenoxy) is 1. The van der Waals surface area contributed by atoms with Gasteiger partial charge < -0.3 is 19.8 Å². The highest BCUT2D eigenvalue weighted by Gasteiger charge is 2.25. The van der Waals surface area contributed by atoms with Crippen LogP contribution in [0, 0.1) is 0 Å². The number of carbonyl (C=O) groups is 1. The zero-order chi connectivity index (χ0) is 18.6. The van der Waals surface area contributed by atoms with Crippen molar-refractivity contribution in [1.82, 2.24) is 9.88 Å². The van der Waals surface area contributed by atoms with E-state index in [2.05, 4.69) is 4.98 Å². The SMILES string of the molecule is CC[C@H](O)CN(Cc1c(O)cnc2ccccc12)C(=O)OC(C)(C)C. The van der Waals surface area contributed by atoms with Crippen LogP contribution < -0.4 is 0 Å². The molecule has 0 saturated heterocycles. The molecule has 25 heavy (non-hydrogen) atoms. The van der Waals surface area contributed by atoms with Crippen molar-refractivity contribution in [3.05, 3.63) is 36.0 Å². The summed E-state index contributed by atoms with van der Waals surface area (Å²) < 4.78 is 5.45. The largest absolute Gasteiger partial charge is 0.506 e. The number of aromatic nitrogens is 1. The van der Waals surface area contributed by atoms with Gasteiger partial charge in [-0.1, -0.05) is 25.1 Å². The van der Waals surface area contributed by atoms with Crippen LogP contribution in [0.2, 0.25) is 0 Å². The quantitative estimate of drug-likeness (QED) is 0.866. The Labute approximate surface area is 148 Å². The minimum absolute atomic E-state index is 0.0123. The molecule has 0 unspecified atom stereocenters. The van der Waals surface area contributed by atoms with Crippen LogP contribution >= 0.6 is 0 Å². The fourth-order valence-corrected chi connectivity index (χ4v) is 2.46. The standard InChI is InChI=1S/C19H26N2O4/c1-5-13(22)11-21(18(24)25-19(2,3)4)12-15-14-8-6-7-9-16(14)20-10-17(15)23/h6-10,13,22-23H,5,11-12H2,1-4H3/t13-/m0/s1. The van der Waals surface area contributed by atoms with Gasteiger partial charge in [0.15, 0.2) is 0 Å². The summed E-state index contributed by atoms with van der Waals surface area (Å²) in [4.78, 5) is 18.2. The van der Waals surface area contributed by atoms with Crippen molar-refractivity contribution in [2.24, 2.45) is 0 Å². The van der Waals surface area contributed by atoms with Crippen LogP contribution in [-0.4, -0.2) is 44.4 Å². The zero-order valence-corrected chi connectivity index (χ0v) is 15.2. The molecule has 2 aromatic rings. The van der Waals surface area contributed by atoms with Gasteiger partial charge in [0.05, 0.1) is 30.9 Å². The van der Waals surface area contributed by atoms with Gasteiger partial charge in [-0.3, -0.25) is 4.98 Å². The average Bonchev–Trinajstić information content (AvgIpc) is 2.54. The maximum Gasteiger partial charge on any atom is 0.410 e. The fourth-order valence-electron chi connectivity index (χ4n) is 2.46. The van der Waals surface area contributed by atoms with Gasteiger partial charge in [0, 0.05) is 10.9 Å². The Morgan fingerprint density at radius 1 is 1.32 bits per heavy atom. The van der Waals surface area contributed by atoms with E-state index in [1.54, 1.807) is 20.8 Å². The van der Waals surface area contributed by atoms with E-state index in [0.29, 0.717) is 12.0 Å². The van der Waals surface area contributed by atoms with Crippen molar-refractivity contribution in [1.29, 1.82) is 0 Å². The van der Waals surface area contributed by atoms with Crippen molar-refractivity contribution < 1.29 is 19.7 Å². The normalized spacial score (nSPS) is 12.8. The Hall–Kier alpha value is -2.34. The molecule has 1 atom stereocenters. The Kier molecular flexibility index (Phi) is 5.85. The van der Waals surface area contributed by atoms with Crippen LogP contribution in [-0.2, 0) is 11.3 Å². The van der Waals surface area contributed by atoms with Gasteiger partial charge in [0.1, 0.15) is 11.4 Å². The highest BCUT2D eigenvalue weighted by molar-refractivity contribution is 5.84. The molecule has 6 nitrogen and oxygen atoms in total. The molecule has 0 fully saturated rings. The van der Waals surface area contributed by atoms with Crippen LogP contribution in [0.5, 0.6) is 5.75 Å². The summed E-state index contributed by atoms with van der Waals surface area (Å²) in [6, 6.07) is 7.41. The zero-order valence-electron chi connectivity index (χ0n) is 15.2. The molecule has 1 heterocycles. The molecule has 0 spiro atoms. The van der Waals surface area contributed by atoms with E-state index >= 15 is 0 Å². The van der Waals surface area contributed by atoms with Crippen LogP contribution in [0.4, 0.5) is 4.79 Å². The molecule has 2 N–H and O–H groups in total. The maximum atomic E-state index is 12.6. The van der Waals surface area contributed by atoms with E-state index in [0.717, 1.165) is 10.9 Å². The van der Waals surface area contributed by atoms with Gasteiger partial charge in [-0.15, -0.1) is 0 Å². The number of fused-ring (bicyclic) bond motifs is 1. The molecule has 0 saturated carbocycles. The highest BCUT2D eigenvalue weighted by atomic mass is 16.6. The Bertz CT molecular complexity index is 740. The number of nitrogens with zero attached hydrogens (tertiary/aromatic N) is 2. The number of carbonyl (C=O) groups excluding carboxylic acids is 1. The van der Waals surface area contributed by atoms with Gasteiger partial charge in [-0.25, -0.2) is 4.79 Å². The average molecular weight is 346 g/mol. The smallest absolute Gasteiger partial charge is 0.410 e. The van der Waals surface area contributed by atoms with Crippen molar-refractivity contribution in [2.45, 2.75) is 52.4 Å². The number of amides is 1. The third-order valence-corrected chi connectivity index (χ3v) is 3.77. The predicted molar refractivity (Wildman–Crippen MR) is 96.3 cm³/mol. The molecular formula is C19H26N2O4. The highest BCUT2D eigenvalue weighted by Crippen LogP contribution is 2.27. The summed E-state index contributed by atoms with van der Waals surface area (Å²) in [5.41, 5.74) is 0.671. The molecule has 0 bridgehead atoms. The summed E-state index contributed by atoms with van der Waals surface area (Å²) in [6.07, 6.45) is 0.701. The van der Waals surface area contributed by atoms with Crippen molar-refractivity contribution >= 4 is 17.0 Å². The lowest BCUT2D eigenvalue weighted by molar-refractivity contribution is 0.0123. The topological polar surface area (TPSA) is 82.9 Å². The summed E-state index contributed by atoms with van der Waals surface area (Å²) in [6.45, 7) is 7.47. The number of rotatable bonds is 5. The monoisotopic (exact) mass is 346 g/mol. The van der Waals surface area contributed by atoms with Crippen LogP contribution in [0.3, 0.4) is 0 Å². The second-order valence-corrected chi connectivity index (χ2v) is 7.06. The minimum Gasteiger partial charge on any atom is -0.506 e. The van der Waals surface area contributed by atoms with Crippen LogP contribution in [0.1, 0.15) is 39.7 Å². The minimum atomic E-state index is -0.664. The molecule has 0 aliphatic rings. The molecular weight excluding hydrogens is 320 g/mol. The molecule has 1 amide bonds. The number of benzene rings is 1. The second-order valence-electron chi connectivity index (χ2n) is 7.06. The van der Waals surface area contributed by atoms with Crippen molar-refractivity contribution in [2.75, 3.05) is 6.54 Å². The van der Waals surface area contributed by atoms with Crippen LogP contribution in [0.15, 0.2) is 30.5 Å². The molecule has 136 valence electrons. The van der Waals surface area contributed by atoms with E-state index in [9.17, 15) is 15.0 Å². The van der Waals surface area contributed by atoms with E-state index in [4.69, 9.17) is 4.74 Å². The van der Waals surface area contributed by atoms with Gasteiger partial charge in [0.25, 0.3) is 0 Å². The summed E-state index contributed by atoms with van der Waals surface area (Å²) in [5.74, 6) is 0.0123. The lowest BCUT2D eigenvalue weighted by Crippen LogP contribution is -2.40. The lowest BCUT2D eigenvalue weighted by Gasteiger charge is -2.29. The van der Waals surface area contributed by atoms with Crippen LogP contribution in [0.25, 0.3) is 10.9 Å². The molecule has 2 rings (SSSR count). The number of para-hydroxylation sites is 1. The molecule has 1 aromatic heterocycles. The fraction of sp³-hybridized carbons (Fsp3) is 0.474. The molecule has 0 radical (unpaired) electrons. The number of hydrogen-bond donors (Lipinski definition) is 2. The number of pyridine rings is 1. The summed E-state index contributed by atoms with van der Waals surface area (Å²) in [5, 5.41) is 21.0. The van der Waals surface area contributed by atoms with Gasteiger partial charge in [-0.2, -0.15) is 0 Å². The number of aliphatic hydroxyl groups excluding tert-OH is 1. The summed E-state index contributed by atoms with van der Waals surface area (Å²) >= 11 is 0. The maximum absolute atomic E-state index is 12.6. The van der Waals surface area contributed by atoms with Gasteiger partial charge >= 0.3 is 6.09 Å². The lowest BCUT2D eigenvalue weighted by atomic mass is 10.1. The van der Waals surface area contributed by atoms with Gasteiger partial charge in [0.2, 0.25) is 0 Å². The molecule has 1 aromatic carbocycles. The number of aliphatic hydroxyl groups is 1. The Balaban J connectivity index is 2.36. The van der Waals surface area contributed by atoms with E-state index < -0.39 is 17.8 Å². The van der Waals surface area contributed by atoms with Crippen molar-refractivity contribution in [3.8, 4) is 5.75 Å². The van der Waals surface area contributed by atoms with E-state index in [1.165, 1.54) is 11.1 Å². The van der Waals surface area contributed by atoms with Crippen molar-refractivity contribution in [3.63, 3.8) is 0 Å². The predicted octanol–water partition coefficient (Wildman–Crippen LogP) is 3.45.